The van der Waals surface area contributed by atoms with E-state index in [1.54, 1.807) is 14.1 Å². The van der Waals surface area contributed by atoms with Gasteiger partial charge in [0.1, 0.15) is 28.7 Å². The van der Waals surface area contributed by atoms with Gasteiger partial charge >= 0.3 is 0 Å². The SMILES string of the molecule is CN(C)[C@@H]1C(O)=C(C(N)=O)C(O)(O)C2C(=O)C3=C(O)c4c(O)c5c(c(F)c4C[C@H]3CC21)CNC5. The second kappa shape index (κ2) is 7.25. The number of nitrogens with two attached hydrogens (primary N) is 1. The molecule has 34 heavy (non-hydrogen) atoms. The van der Waals surface area contributed by atoms with Crippen LogP contribution in [0.25, 0.3) is 5.76 Å². The normalized spacial score (nSPS) is 29.6. The number of rotatable bonds is 2. The standard InChI is InChI=1S/C23H26FN3O7/c1-27(2)17-9-4-7-3-8-13(18(28)11-6-26-5-10(11)16(8)24)19(29)12(7)20(30)14(9)23(33,34)15(21(17)31)22(25)32/h7,9,14,17,26,28-29,31,33-34H,3-6H2,1-2H3,(H2,25,32)/t7-,9?,14?,17-/m0/s1. The molecule has 1 aromatic rings. The van der Waals surface area contributed by atoms with Crippen LogP contribution in [0, 0.1) is 23.6 Å². The van der Waals surface area contributed by atoms with Gasteiger partial charge < -0.3 is 36.6 Å². The number of phenols is 1. The van der Waals surface area contributed by atoms with Crippen LogP contribution in [-0.4, -0.2) is 68.0 Å². The molecule has 11 heteroatoms. The van der Waals surface area contributed by atoms with E-state index in [2.05, 4.69) is 5.32 Å². The van der Waals surface area contributed by atoms with Crippen LogP contribution in [0.5, 0.6) is 5.75 Å². The minimum Gasteiger partial charge on any atom is -0.510 e. The molecule has 4 atom stereocenters. The summed E-state index contributed by atoms with van der Waals surface area (Å²) in [5, 5.41) is 57.5. The van der Waals surface area contributed by atoms with E-state index in [9.17, 15) is 35.1 Å². The van der Waals surface area contributed by atoms with Crippen LogP contribution < -0.4 is 11.1 Å². The molecule has 2 unspecified atom stereocenters. The minimum atomic E-state index is -3.09. The van der Waals surface area contributed by atoms with E-state index < -0.39 is 64.2 Å². The third kappa shape index (κ3) is 2.75. The highest BCUT2D eigenvalue weighted by Gasteiger charge is 2.62. The Hall–Kier alpha value is -2.99. The second-order valence-corrected chi connectivity index (χ2v) is 9.74. The van der Waals surface area contributed by atoms with E-state index in [0.29, 0.717) is 11.1 Å². The van der Waals surface area contributed by atoms with Crippen LogP contribution in [0.15, 0.2) is 16.9 Å². The number of fused-ring (bicyclic) bond motifs is 4. The Balaban J connectivity index is 1.72. The van der Waals surface area contributed by atoms with Gasteiger partial charge in [0.25, 0.3) is 5.91 Å². The summed E-state index contributed by atoms with van der Waals surface area (Å²) in [6, 6.07) is -0.948. The maximum Gasteiger partial charge on any atom is 0.253 e. The Morgan fingerprint density at radius 2 is 1.79 bits per heavy atom. The van der Waals surface area contributed by atoms with Gasteiger partial charge in [-0.15, -0.1) is 0 Å². The van der Waals surface area contributed by atoms with Gasteiger partial charge in [0.15, 0.2) is 5.78 Å². The Bertz CT molecular complexity index is 1220. The van der Waals surface area contributed by atoms with Crippen LogP contribution in [-0.2, 0) is 29.1 Å². The maximum absolute atomic E-state index is 15.4. The number of carbonyl (C=O) groups excluding carboxylic acids is 2. The fourth-order valence-electron chi connectivity index (χ4n) is 6.44. The number of aliphatic hydroxyl groups is 4. The monoisotopic (exact) mass is 475 g/mol. The number of phenolic OH excluding ortho intramolecular Hbond substituents is 1. The maximum atomic E-state index is 15.4. The molecular formula is C23H26FN3O7. The summed E-state index contributed by atoms with van der Waals surface area (Å²) < 4.78 is 15.4. The van der Waals surface area contributed by atoms with Crippen LogP contribution >= 0.6 is 0 Å². The molecule has 1 heterocycles. The quantitative estimate of drug-likeness (QED) is 0.283. The molecule has 0 aromatic heterocycles. The summed E-state index contributed by atoms with van der Waals surface area (Å²) in [6.45, 7) is 0.422. The van der Waals surface area contributed by atoms with Crippen molar-refractivity contribution in [2.45, 2.75) is 37.8 Å². The smallest absolute Gasteiger partial charge is 0.253 e. The van der Waals surface area contributed by atoms with Gasteiger partial charge in [-0.25, -0.2) is 4.39 Å². The van der Waals surface area contributed by atoms with E-state index in [0.717, 1.165) is 0 Å². The molecule has 1 amide bonds. The molecule has 1 fully saturated rings. The van der Waals surface area contributed by atoms with Crippen LogP contribution in [0.1, 0.15) is 28.7 Å². The van der Waals surface area contributed by atoms with Crippen molar-refractivity contribution in [3.8, 4) is 5.75 Å². The summed E-state index contributed by atoms with van der Waals surface area (Å²) in [6.07, 6.45) is 0.0696. The van der Waals surface area contributed by atoms with Gasteiger partial charge in [-0.3, -0.25) is 14.5 Å². The fourth-order valence-corrected chi connectivity index (χ4v) is 6.44. The number of nitrogens with one attached hydrogen (secondary N) is 1. The number of aliphatic hydroxyl groups excluding tert-OH is 2. The number of amides is 1. The molecule has 10 nitrogen and oxygen atoms in total. The van der Waals surface area contributed by atoms with E-state index in [1.807, 2.05) is 0 Å². The van der Waals surface area contributed by atoms with E-state index in [4.69, 9.17) is 5.73 Å². The number of halogens is 1. The number of likely N-dealkylation sites (N-methyl/N-ethyl adjacent to an activating group) is 1. The van der Waals surface area contributed by atoms with Crippen LogP contribution in [0.3, 0.4) is 0 Å². The molecular weight excluding hydrogens is 449 g/mol. The summed E-state index contributed by atoms with van der Waals surface area (Å²) >= 11 is 0. The van der Waals surface area contributed by atoms with Gasteiger partial charge in [0, 0.05) is 35.4 Å². The Morgan fingerprint density at radius 1 is 1.15 bits per heavy atom. The number of nitrogens with zero attached hydrogens (tertiary/aromatic N) is 1. The highest BCUT2D eigenvalue weighted by Crippen LogP contribution is 2.54. The molecule has 5 rings (SSSR count). The molecule has 0 radical (unpaired) electrons. The molecule has 8 N–H and O–H groups in total. The summed E-state index contributed by atoms with van der Waals surface area (Å²) in [5.41, 5.74) is 4.81. The number of carbonyl (C=O) groups is 2. The molecule has 0 saturated heterocycles. The van der Waals surface area contributed by atoms with Crippen LogP contribution in [0.2, 0.25) is 0 Å². The van der Waals surface area contributed by atoms with Crippen molar-refractivity contribution >= 4 is 17.4 Å². The number of Topliss-reactive ketones (excluding diaryl/α,β-unsaturated/α-hetero) is 1. The zero-order chi connectivity index (χ0) is 24.9. The molecule has 1 aliphatic heterocycles. The van der Waals surface area contributed by atoms with Crippen LogP contribution in [0.4, 0.5) is 4.39 Å². The number of aromatic hydroxyl groups is 1. The Labute approximate surface area is 193 Å². The lowest BCUT2D eigenvalue weighted by atomic mass is 9.58. The Morgan fingerprint density at radius 3 is 2.41 bits per heavy atom. The molecule has 4 aliphatic rings. The lowest BCUT2D eigenvalue weighted by molar-refractivity contribution is -0.203. The first kappa shape index (κ1) is 22.8. The van der Waals surface area contributed by atoms with Crippen molar-refractivity contribution < 1.29 is 39.5 Å². The van der Waals surface area contributed by atoms with Crippen molar-refractivity contribution in [3.63, 3.8) is 0 Å². The summed E-state index contributed by atoms with van der Waals surface area (Å²) in [7, 11) is 3.19. The number of ketones is 1. The van der Waals surface area contributed by atoms with Gasteiger partial charge in [-0.2, -0.15) is 0 Å². The van der Waals surface area contributed by atoms with E-state index in [-0.39, 0.29) is 48.4 Å². The molecule has 1 aromatic carbocycles. The van der Waals surface area contributed by atoms with Gasteiger partial charge in [-0.05, 0) is 38.8 Å². The van der Waals surface area contributed by atoms with E-state index in [1.165, 1.54) is 4.90 Å². The third-order valence-corrected chi connectivity index (χ3v) is 7.75. The molecule has 1 saturated carbocycles. The average molecular weight is 475 g/mol. The predicted molar refractivity (Wildman–Crippen MR) is 115 cm³/mol. The number of hydrogen-bond donors (Lipinski definition) is 7. The first-order valence-corrected chi connectivity index (χ1v) is 11.0. The number of hydrogen-bond acceptors (Lipinski definition) is 9. The van der Waals surface area contributed by atoms with Crippen molar-refractivity contribution in [1.82, 2.24) is 10.2 Å². The summed E-state index contributed by atoms with van der Waals surface area (Å²) in [5.74, 6) is -10.6. The van der Waals surface area contributed by atoms with E-state index >= 15 is 4.39 Å². The number of allylic oxidation sites excluding steroid dienone is 1. The Kier molecular flexibility index (Phi) is 4.86. The van der Waals surface area contributed by atoms with Gasteiger partial charge in [0.05, 0.1) is 17.5 Å². The van der Waals surface area contributed by atoms with Crippen molar-refractivity contribution in [2.24, 2.45) is 23.5 Å². The van der Waals surface area contributed by atoms with Gasteiger partial charge in [0.2, 0.25) is 5.79 Å². The third-order valence-electron chi connectivity index (χ3n) is 7.75. The minimum absolute atomic E-state index is 0.00643. The highest BCUT2D eigenvalue weighted by atomic mass is 19.1. The molecule has 3 aliphatic carbocycles. The second-order valence-electron chi connectivity index (χ2n) is 9.74. The first-order valence-electron chi connectivity index (χ1n) is 11.0. The van der Waals surface area contributed by atoms with Gasteiger partial charge in [-0.1, -0.05) is 0 Å². The average Bonchev–Trinajstić information content (AvgIpc) is 3.20. The predicted octanol–water partition coefficient (Wildman–Crippen LogP) is -0.297. The van der Waals surface area contributed by atoms with Crippen molar-refractivity contribution in [3.05, 3.63) is 45.0 Å². The number of benzene rings is 1. The number of primary amides is 1. The highest BCUT2D eigenvalue weighted by molar-refractivity contribution is 6.08. The zero-order valence-electron chi connectivity index (χ0n) is 18.6. The first-order chi connectivity index (χ1) is 15.9. The zero-order valence-corrected chi connectivity index (χ0v) is 18.6. The largest absolute Gasteiger partial charge is 0.510 e. The topological polar surface area (TPSA) is 177 Å². The van der Waals surface area contributed by atoms with Crippen molar-refractivity contribution in [1.29, 1.82) is 0 Å². The molecule has 0 bridgehead atoms. The van der Waals surface area contributed by atoms with Crippen molar-refractivity contribution in [2.75, 3.05) is 14.1 Å². The lowest BCUT2D eigenvalue weighted by Crippen LogP contribution is -2.62. The molecule has 0 spiro atoms. The fraction of sp³-hybridized carbons (Fsp3) is 0.478. The molecule has 182 valence electrons. The summed E-state index contributed by atoms with van der Waals surface area (Å²) in [4.78, 5) is 27.3. The lowest BCUT2D eigenvalue weighted by Gasteiger charge is -2.51.